The Labute approximate surface area is 136 Å². The first-order valence-electron chi connectivity index (χ1n) is 8.20. The summed E-state index contributed by atoms with van der Waals surface area (Å²) < 4.78 is 26.0. The summed E-state index contributed by atoms with van der Waals surface area (Å²) in [5.41, 5.74) is 0.378. The van der Waals surface area contributed by atoms with Gasteiger partial charge in [0.15, 0.2) is 11.6 Å². The Morgan fingerprint density at radius 2 is 1.91 bits per heavy atom. The molecule has 0 aliphatic carbocycles. The summed E-state index contributed by atoms with van der Waals surface area (Å²) in [6.45, 7) is 5.58. The Kier molecular flexibility index (Phi) is 6.89. The minimum atomic E-state index is -0.938. The summed E-state index contributed by atoms with van der Waals surface area (Å²) in [6, 6.07) is 3.47. The second-order valence-electron chi connectivity index (χ2n) is 6.44. The first-order valence-corrected chi connectivity index (χ1v) is 8.20. The number of β-amino-alcohol motifs (C(OH)–C–C–N with tert-alkyl or cyclic N) is 1. The lowest BCUT2D eigenvalue weighted by Gasteiger charge is -2.32. The van der Waals surface area contributed by atoms with Gasteiger partial charge in [-0.25, -0.2) is 8.78 Å². The Morgan fingerprint density at radius 1 is 1.22 bits per heavy atom. The maximum atomic E-state index is 13.2. The van der Waals surface area contributed by atoms with E-state index in [2.05, 4.69) is 10.2 Å². The fourth-order valence-corrected chi connectivity index (χ4v) is 3.01. The van der Waals surface area contributed by atoms with Gasteiger partial charge in [-0.3, -0.25) is 0 Å². The number of aliphatic hydroxyl groups is 2. The highest BCUT2D eigenvalue weighted by Gasteiger charge is 2.20. The summed E-state index contributed by atoms with van der Waals surface area (Å²) in [4.78, 5) is 2.26. The number of benzene rings is 1. The molecule has 4 nitrogen and oxygen atoms in total. The van der Waals surface area contributed by atoms with Gasteiger partial charge >= 0.3 is 0 Å². The lowest BCUT2D eigenvalue weighted by Crippen LogP contribution is -2.40. The Bertz CT molecular complexity index is 491. The Balaban J connectivity index is 1.68. The van der Waals surface area contributed by atoms with Crippen LogP contribution in [0.5, 0.6) is 0 Å². The lowest BCUT2D eigenvalue weighted by atomic mass is 9.96. The van der Waals surface area contributed by atoms with Crippen molar-refractivity contribution < 1.29 is 19.0 Å². The van der Waals surface area contributed by atoms with E-state index in [1.54, 1.807) is 6.92 Å². The molecule has 1 aliphatic rings. The monoisotopic (exact) mass is 328 g/mol. The molecular weight excluding hydrogens is 302 g/mol. The number of nitrogens with one attached hydrogen (secondary N) is 1. The van der Waals surface area contributed by atoms with Crippen LogP contribution in [0.1, 0.15) is 31.4 Å². The molecular formula is C17H26F2N2O2. The SMILES string of the molecule is C[C@H](O)CN1CCC(CNC[C@H](O)c2ccc(F)c(F)c2)CC1. The number of rotatable bonds is 7. The van der Waals surface area contributed by atoms with Crippen molar-refractivity contribution in [2.75, 3.05) is 32.7 Å². The van der Waals surface area contributed by atoms with Crippen molar-refractivity contribution in [3.63, 3.8) is 0 Å². The molecule has 0 spiro atoms. The van der Waals surface area contributed by atoms with E-state index in [1.807, 2.05) is 0 Å². The largest absolute Gasteiger partial charge is 0.392 e. The highest BCUT2D eigenvalue weighted by molar-refractivity contribution is 5.20. The van der Waals surface area contributed by atoms with Crippen molar-refractivity contribution >= 4 is 0 Å². The highest BCUT2D eigenvalue weighted by Crippen LogP contribution is 2.18. The van der Waals surface area contributed by atoms with E-state index in [-0.39, 0.29) is 6.10 Å². The molecule has 1 saturated heterocycles. The van der Waals surface area contributed by atoms with Crippen molar-refractivity contribution in [2.45, 2.75) is 32.0 Å². The van der Waals surface area contributed by atoms with Crippen molar-refractivity contribution in [1.82, 2.24) is 10.2 Å². The molecule has 2 rings (SSSR count). The molecule has 2 atom stereocenters. The maximum Gasteiger partial charge on any atom is 0.159 e. The van der Waals surface area contributed by atoms with Gasteiger partial charge in [-0.05, 0) is 63.0 Å². The third-order valence-electron chi connectivity index (χ3n) is 4.33. The third-order valence-corrected chi connectivity index (χ3v) is 4.33. The van der Waals surface area contributed by atoms with Crippen molar-refractivity contribution in [3.8, 4) is 0 Å². The molecule has 1 heterocycles. The molecule has 1 fully saturated rings. The summed E-state index contributed by atoms with van der Waals surface area (Å²) in [5.74, 6) is -1.30. The van der Waals surface area contributed by atoms with Gasteiger partial charge in [0.1, 0.15) is 0 Å². The molecule has 1 aliphatic heterocycles. The van der Waals surface area contributed by atoms with Crippen molar-refractivity contribution in [2.24, 2.45) is 5.92 Å². The summed E-state index contributed by atoms with van der Waals surface area (Å²) in [7, 11) is 0. The van der Waals surface area contributed by atoms with E-state index in [0.717, 1.165) is 51.2 Å². The quantitative estimate of drug-likeness (QED) is 0.713. The van der Waals surface area contributed by atoms with E-state index >= 15 is 0 Å². The first kappa shape index (κ1) is 18.3. The third kappa shape index (κ3) is 5.80. The van der Waals surface area contributed by atoms with E-state index in [4.69, 9.17) is 0 Å². The minimum absolute atomic E-state index is 0.295. The van der Waals surface area contributed by atoms with Crippen molar-refractivity contribution in [3.05, 3.63) is 35.4 Å². The average molecular weight is 328 g/mol. The van der Waals surface area contributed by atoms with Gasteiger partial charge in [-0.15, -0.1) is 0 Å². The fraction of sp³-hybridized carbons (Fsp3) is 0.647. The van der Waals surface area contributed by atoms with Crippen LogP contribution in [-0.4, -0.2) is 53.9 Å². The number of piperidine rings is 1. The minimum Gasteiger partial charge on any atom is -0.392 e. The molecule has 130 valence electrons. The Morgan fingerprint density at radius 3 is 2.52 bits per heavy atom. The molecule has 0 unspecified atom stereocenters. The number of hydrogen-bond donors (Lipinski definition) is 3. The maximum absolute atomic E-state index is 13.2. The van der Waals surface area contributed by atoms with Gasteiger partial charge in [0.05, 0.1) is 12.2 Å². The van der Waals surface area contributed by atoms with Crippen LogP contribution in [0.3, 0.4) is 0 Å². The van der Waals surface area contributed by atoms with Crippen molar-refractivity contribution in [1.29, 1.82) is 0 Å². The number of hydrogen-bond acceptors (Lipinski definition) is 4. The topological polar surface area (TPSA) is 55.7 Å². The standard InChI is InChI=1S/C17H26F2N2O2/c1-12(22)11-21-6-4-13(5-7-21)9-20-10-17(23)14-2-3-15(18)16(19)8-14/h2-3,8,12-13,17,20,22-23H,4-7,9-11H2,1H3/t12-,17-/m0/s1. The zero-order chi connectivity index (χ0) is 16.8. The molecule has 6 heteroatoms. The van der Waals surface area contributed by atoms with Gasteiger partial charge in [0.25, 0.3) is 0 Å². The van der Waals surface area contributed by atoms with Crippen LogP contribution in [0.15, 0.2) is 18.2 Å². The van der Waals surface area contributed by atoms with Crippen LogP contribution in [-0.2, 0) is 0 Å². The molecule has 1 aromatic rings. The van der Waals surface area contributed by atoms with Crippen LogP contribution >= 0.6 is 0 Å². The lowest BCUT2D eigenvalue weighted by molar-refractivity contribution is 0.0984. The smallest absolute Gasteiger partial charge is 0.159 e. The Hall–Kier alpha value is -1.08. The highest BCUT2D eigenvalue weighted by atomic mass is 19.2. The first-order chi connectivity index (χ1) is 11.0. The molecule has 0 saturated carbocycles. The zero-order valence-electron chi connectivity index (χ0n) is 13.5. The van der Waals surface area contributed by atoms with Crippen LogP contribution < -0.4 is 5.32 Å². The molecule has 0 aromatic heterocycles. The number of aliphatic hydroxyl groups excluding tert-OH is 2. The zero-order valence-corrected chi connectivity index (χ0v) is 13.5. The van der Waals surface area contributed by atoms with E-state index in [1.165, 1.54) is 6.07 Å². The van der Waals surface area contributed by atoms with Crippen LogP contribution in [0.4, 0.5) is 8.78 Å². The molecule has 0 bridgehead atoms. The molecule has 0 radical (unpaired) electrons. The van der Waals surface area contributed by atoms with Crippen LogP contribution in [0.2, 0.25) is 0 Å². The van der Waals surface area contributed by atoms with Gasteiger partial charge in [-0.2, -0.15) is 0 Å². The van der Waals surface area contributed by atoms with E-state index in [0.29, 0.717) is 18.0 Å². The molecule has 3 N–H and O–H groups in total. The summed E-state index contributed by atoms with van der Waals surface area (Å²) >= 11 is 0. The molecule has 0 amide bonds. The van der Waals surface area contributed by atoms with Gasteiger partial charge in [-0.1, -0.05) is 6.07 Å². The van der Waals surface area contributed by atoms with E-state index in [9.17, 15) is 19.0 Å². The fourth-order valence-electron chi connectivity index (χ4n) is 3.01. The summed E-state index contributed by atoms with van der Waals surface area (Å²) in [5, 5.41) is 22.6. The molecule has 23 heavy (non-hydrogen) atoms. The normalized spacial score (nSPS) is 19.7. The number of halogens is 2. The predicted octanol–water partition coefficient (Wildman–Crippen LogP) is 1.68. The second-order valence-corrected chi connectivity index (χ2v) is 6.44. The van der Waals surface area contributed by atoms with Gasteiger partial charge < -0.3 is 20.4 Å². The second kappa shape index (κ2) is 8.68. The van der Waals surface area contributed by atoms with Gasteiger partial charge in [0.2, 0.25) is 0 Å². The number of nitrogens with zero attached hydrogens (tertiary/aromatic N) is 1. The number of likely N-dealkylation sites (tertiary alicyclic amines) is 1. The van der Waals surface area contributed by atoms with Crippen LogP contribution in [0, 0.1) is 17.6 Å². The average Bonchev–Trinajstić information content (AvgIpc) is 2.51. The van der Waals surface area contributed by atoms with Crippen LogP contribution in [0.25, 0.3) is 0 Å². The molecule has 1 aromatic carbocycles. The van der Waals surface area contributed by atoms with Gasteiger partial charge in [0, 0.05) is 13.1 Å². The predicted molar refractivity (Wildman–Crippen MR) is 85.0 cm³/mol. The summed E-state index contributed by atoms with van der Waals surface area (Å²) in [6.07, 6.45) is 0.971. The van der Waals surface area contributed by atoms with E-state index < -0.39 is 17.7 Å².